The highest BCUT2D eigenvalue weighted by molar-refractivity contribution is 5.84. The Labute approximate surface area is 128 Å². The van der Waals surface area contributed by atoms with Crippen LogP contribution in [0.25, 0.3) is 10.9 Å². The number of fused-ring (bicyclic) bond motifs is 1. The number of benzene rings is 2. The number of aromatic amines is 1. The first-order chi connectivity index (χ1) is 10.7. The summed E-state index contributed by atoms with van der Waals surface area (Å²) >= 11 is 0. The monoisotopic (exact) mass is 295 g/mol. The highest BCUT2D eigenvalue weighted by Crippen LogP contribution is 2.25. The number of nitrogens with one attached hydrogen (secondary N) is 1. The molecule has 1 heterocycles. The Kier molecular flexibility index (Phi) is 4.10. The minimum absolute atomic E-state index is 0.257. The standard InChI is InChI=1S/C18H17NO3/c1-2-18(20)22-17-11-14-10-15(8-9-16(14)19-17)21-12-13-6-4-3-5-7-13/h3-11,19H,2,12H2,1H3. The molecule has 0 aliphatic carbocycles. The number of hydrogen-bond donors (Lipinski definition) is 1. The van der Waals surface area contributed by atoms with Crippen LogP contribution in [0.2, 0.25) is 0 Å². The van der Waals surface area contributed by atoms with Crippen LogP contribution in [-0.2, 0) is 11.4 Å². The van der Waals surface area contributed by atoms with Gasteiger partial charge in [0.05, 0.1) is 0 Å². The van der Waals surface area contributed by atoms with E-state index in [2.05, 4.69) is 4.98 Å². The summed E-state index contributed by atoms with van der Waals surface area (Å²) in [5.74, 6) is 0.984. The van der Waals surface area contributed by atoms with E-state index in [9.17, 15) is 4.79 Å². The molecule has 0 amide bonds. The van der Waals surface area contributed by atoms with Gasteiger partial charge in [-0.05, 0) is 23.8 Å². The van der Waals surface area contributed by atoms with Crippen molar-refractivity contribution in [2.45, 2.75) is 20.0 Å². The van der Waals surface area contributed by atoms with E-state index in [1.54, 1.807) is 13.0 Å². The van der Waals surface area contributed by atoms with Gasteiger partial charge in [-0.15, -0.1) is 0 Å². The third-order valence-corrected chi connectivity index (χ3v) is 3.33. The number of aromatic nitrogens is 1. The summed E-state index contributed by atoms with van der Waals surface area (Å²) in [6, 6.07) is 17.6. The van der Waals surface area contributed by atoms with Gasteiger partial charge in [0.25, 0.3) is 0 Å². The molecular weight excluding hydrogens is 278 g/mol. The molecule has 1 N–H and O–H groups in total. The average molecular weight is 295 g/mol. The number of ether oxygens (including phenoxy) is 2. The lowest BCUT2D eigenvalue weighted by Gasteiger charge is -2.06. The lowest BCUT2D eigenvalue weighted by Crippen LogP contribution is -2.05. The highest BCUT2D eigenvalue weighted by Gasteiger charge is 2.07. The lowest BCUT2D eigenvalue weighted by atomic mass is 10.2. The Morgan fingerprint density at radius 3 is 2.68 bits per heavy atom. The second-order valence-corrected chi connectivity index (χ2v) is 4.98. The molecule has 2 aromatic carbocycles. The second-order valence-electron chi connectivity index (χ2n) is 4.98. The molecular formula is C18H17NO3. The molecule has 112 valence electrons. The molecule has 0 saturated carbocycles. The van der Waals surface area contributed by atoms with Crippen LogP contribution >= 0.6 is 0 Å². The number of carbonyl (C=O) groups is 1. The van der Waals surface area contributed by atoms with Crippen LogP contribution in [-0.4, -0.2) is 11.0 Å². The molecule has 0 saturated heterocycles. The number of esters is 1. The fraction of sp³-hybridized carbons (Fsp3) is 0.167. The van der Waals surface area contributed by atoms with Gasteiger partial charge in [-0.25, -0.2) is 0 Å². The summed E-state index contributed by atoms with van der Waals surface area (Å²) in [7, 11) is 0. The van der Waals surface area contributed by atoms with E-state index in [4.69, 9.17) is 9.47 Å². The van der Waals surface area contributed by atoms with E-state index in [0.29, 0.717) is 18.9 Å². The SMILES string of the molecule is CCC(=O)Oc1cc2cc(OCc3ccccc3)ccc2[nH]1. The Morgan fingerprint density at radius 2 is 1.91 bits per heavy atom. The first-order valence-electron chi connectivity index (χ1n) is 7.25. The lowest BCUT2D eigenvalue weighted by molar-refractivity contribution is -0.134. The number of carbonyl (C=O) groups excluding carboxylic acids is 1. The van der Waals surface area contributed by atoms with Gasteiger partial charge < -0.3 is 14.5 Å². The van der Waals surface area contributed by atoms with Crippen molar-refractivity contribution in [3.8, 4) is 11.6 Å². The Hall–Kier alpha value is -2.75. The van der Waals surface area contributed by atoms with E-state index in [1.807, 2.05) is 48.5 Å². The van der Waals surface area contributed by atoms with Crippen molar-refractivity contribution in [1.82, 2.24) is 4.98 Å². The molecule has 3 aromatic rings. The highest BCUT2D eigenvalue weighted by atomic mass is 16.5. The summed E-state index contributed by atoms with van der Waals surface area (Å²) in [5, 5.41) is 0.949. The number of H-pyrrole nitrogens is 1. The van der Waals surface area contributed by atoms with Crippen LogP contribution in [0.1, 0.15) is 18.9 Å². The maximum Gasteiger partial charge on any atom is 0.312 e. The summed E-state index contributed by atoms with van der Waals surface area (Å²) < 4.78 is 11.0. The van der Waals surface area contributed by atoms with Gasteiger partial charge in [0.2, 0.25) is 5.88 Å². The fourth-order valence-corrected chi connectivity index (χ4v) is 2.16. The number of rotatable bonds is 5. The predicted molar refractivity (Wildman–Crippen MR) is 85.0 cm³/mol. The average Bonchev–Trinajstić information content (AvgIpc) is 2.95. The van der Waals surface area contributed by atoms with Gasteiger partial charge in [-0.3, -0.25) is 4.79 Å². The van der Waals surface area contributed by atoms with Crippen LogP contribution in [0.3, 0.4) is 0 Å². The Balaban J connectivity index is 1.73. The zero-order chi connectivity index (χ0) is 15.4. The molecule has 0 bridgehead atoms. The summed E-state index contributed by atoms with van der Waals surface area (Å²) in [4.78, 5) is 14.4. The van der Waals surface area contributed by atoms with Crippen molar-refractivity contribution < 1.29 is 14.3 Å². The molecule has 0 atom stereocenters. The van der Waals surface area contributed by atoms with E-state index < -0.39 is 0 Å². The maximum atomic E-state index is 11.3. The third-order valence-electron chi connectivity index (χ3n) is 3.33. The molecule has 0 radical (unpaired) electrons. The molecule has 0 aliphatic rings. The first kappa shape index (κ1) is 14.2. The molecule has 4 heteroatoms. The second kappa shape index (κ2) is 6.35. The van der Waals surface area contributed by atoms with Crippen molar-refractivity contribution in [2.24, 2.45) is 0 Å². The van der Waals surface area contributed by atoms with Crippen LogP contribution in [0.4, 0.5) is 0 Å². The van der Waals surface area contributed by atoms with Crippen LogP contribution in [0, 0.1) is 0 Å². The van der Waals surface area contributed by atoms with Crippen molar-refractivity contribution in [3.05, 3.63) is 60.2 Å². The van der Waals surface area contributed by atoms with Gasteiger partial charge in [0, 0.05) is 23.4 Å². The van der Waals surface area contributed by atoms with Crippen molar-refractivity contribution in [2.75, 3.05) is 0 Å². The van der Waals surface area contributed by atoms with E-state index in [1.165, 1.54) is 0 Å². The molecule has 0 fully saturated rings. The summed E-state index contributed by atoms with van der Waals surface area (Å²) in [6.07, 6.45) is 0.348. The molecule has 22 heavy (non-hydrogen) atoms. The van der Waals surface area contributed by atoms with Gasteiger partial charge in [0.1, 0.15) is 12.4 Å². The van der Waals surface area contributed by atoms with Crippen LogP contribution < -0.4 is 9.47 Å². The number of hydrogen-bond acceptors (Lipinski definition) is 3. The predicted octanol–water partition coefficient (Wildman–Crippen LogP) is 4.06. The summed E-state index contributed by atoms with van der Waals surface area (Å²) in [5.41, 5.74) is 2.03. The third kappa shape index (κ3) is 3.28. The zero-order valence-corrected chi connectivity index (χ0v) is 12.3. The van der Waals surface area contributed by atoms with E-state index >= 15 is 0 Å². The van der Waals surface area contributed by atoms with Gasteiger partial charge in [0.15, 0.2) is 0 Å². The fourth-order valence-electron chi connectivity index (χ4n) is 2.16. The van der Waals surface area contributed by atoms with Crippen molar-refractivity contribution in [3.63, 3.8) is 0 Å². The van der Waals surface area contributed by atoms with Gasteiger partial charge >= 0.3 is 5.97 Å². The maximum absolute atomic E-state index is 11.3. The first-order valence-corrected chi connectivity index (χ1v) is 7.25. The van der Waals surface area contributed by atoms with Crippen LogP contribution in [0.15, 0.2) is 54.6 Å². The van der Waals surface area contributed by atoms with Crippen molar-refractivity contribution >= 4 is 16.9 Å². The Morgan fingerprint density at radius 1 is 1.09 bits per heavy atom. The molecule has 4 nitrogen and oxygen atoms in total. The van der Waals surface area contributed by atoms with Gasteiger partial charge in [-0.1, -0.05) is 37.3 Å². The molecule has 1 aromatic heterocycles. The normalized spacial score (nSPS) is 10.6. The molecule has 0 aliphatic heterocycles. The van der Waals surface area contributed by atoms with E-state index in [-0.39, 0.29) is 5.97 Å². The minimum Gasteiger partial charge on any atom is -0.489 e. The van der Waals surface area contributed by atoms with Gasteiger partial charge in [-0.2, -0.15) is 0 Å². The smallest absolute Gasteiger partial charge is 0.312 e. The van der Waals surface area contributed by atoms with Crippen molar-refractivity contribution in [1.29, 1.82) is 0 Å². The largest absolute Gasteiger partial charge is 0.489 e. The molecule has 0 unspecified atom stereocenters. The quantitative estimate of drug-likeness (QED) is 0.722. The molecule has 0 spiro atoms. The summed E-state index contributed by atoms with van der Waals surface area (Å²) in [6.45, 7) is 2.29. The minimum atomic E-state index is -0.257. The van der Waals surface area contributed by atoms with E-state index in [0.717, 1.165) is 22.2 Å². The zero-order valence-electron chi connectivity index (χ0n) is 12.3. The topological polar surface area (TPSA) is 51.3 Å². The molecule has 3 rings (SSSR count). The Bertz CT molecular complexity index is 777. The van der Waals surface area contributed by atoms with Crippen LogP contribution in [0.5, 0.6) is 11.6 Å².